The van der Waals surface area contributed by atoms with Gasteiger partial charge in [-0.1, -0.05) is 6.07 Å². The van der Waals surface area contributed by atoms with Crippen molar-refractivity contribution in [2.45, 2.75) is 6.54 Å². The Kier molecular flexibility index (Phi) is 2.53. The molecule has 0 atom stereocenters. The van der Waals surface area contributed by atoms with Gasteiger partial charge in [0.15, 0.2) is 5.95 Å². The molecule has 2 rings (SSSR count). The fraction of sp³-hybridized carbons (Fsp3) is 0.200. The molecule has 0 spiro atoms. The van der Waals surface area contributed by atoms with Gasteiger partial charge in [0.05, 0.1) is 19.3 Å². The first kappa shape index (κ1) is 9.51. The summed E-state index contributed by atoms with van der Waals surface area (Å²) in [4.78, 5) is 8.22. The molecule has 0 aromatic carbocycles. The van der Waals surface area contributed by atoms with E-state index in [1.54, 1.807) is 19.4 Å². The van der Waals surface area contributed by atoms with Gasteiger partial charge in [-0.2, -0.15) is 0 Å². The SMILES string of the molecule is COc1cccc(Cn2ccnc2N)n1. The summed E-state index contributed by atoms with van der Waals surface area (Å²) in [5, 5.41) is 0. The minimum atomic E-state index is 0.486. The lowest BCUT2D eigenvalue weighted by Crippen LogP contribution is -2.05. The molecule has 0 fully saturated rings. The van der Waals surface area contributed by atoms with E-state index in [0.29, 0.717) is 18.4 Å². The normalized spacial score (nSPS) is 10.2. The maximum atomic E-state index is 5.65. The number of imidazole rings is 1. The van der Waals surface area contributed by atoms with Gasteiger partial charge in [0.2, 0.25) is 5.88 Å². The van der Waals surface area contributed by atoms with Crippen molar-refractivity contribution < 1.29 is 4.74 Å². The lowest BCUT2D eigenvalue weighted by molar-refractivity contribution is 0.396. The minimum absolute atomic E-state index is 0.486. The van der Waals surface area contributed by atoms with Crippen LogP contribution < -0.4 is 10.5 Å². The van der Waals surface area contributed by atoms with E-state index in [-0.39, 0.29) is 0 Å². The van der Waals surface area contributed by atoms with Crippen LogP contribution in [0.25, 0.3) is 0 Å². The Hall–Kier alpha value is -2.04. The van der Waals surface area contributed by atoms with E-state index in [1.165, 1.54) is 0 Å². The standard InChI is InChI=1S/C10H12N4O/c1-15-9-4-2-3-8(13-9)7-14-6-5-12-10(14)11/h2-6H,7H2,1H3,(H2,11,12). The van der Waals surface area contributed by atoms with Gasteiger partial charge in [0, 0.05) is 18.5 Å². The van der Waals surface area contributed by atoms with Gasteiger partial charge in [-0.15, -0.1) is 0 Å². The number of hydrogen-bond donors (Lipinski definition) is 1. The molecule has 0 aliphatic heterocycles. The average molecular weight is 204 g/mol. The Bertz CT molecular complexity index is 452. The van der Waals surface area contributed by atoms with Crippen LogP contribution in [0.5, 0.6) is 5.88 Å². The second-order valence-corrected chi connectivity index (χ2v) is 3.08. The lowest BCUT2D eigenvalue weighted by Gasteiger charge is -2.05. The number of nitrogen functional groups attached to an aromatic ring is 1. The van der Waals surface area contributed by atoms with E-state index in [4.69, 9.17) is 10.5 Å². The van der Waals surface area contributed by atoms with Crippen LogP contribution in [0.1, 0.15) is 5.69 Å². The van der Waals surface area contributed by atoms with Crippen LogP contribution >= 0.6 is 0 Å². The van der Waals surface area contributed by atoms with Crippen molar-refractivity contribution >= 4 is 5.95 Å². The van der Waals surface area contributed by atoms with Crippen LogP contribution in [0.4, 0.5) is 5.95 Å². The Morgan fingerprint density at radius 3 is 3.00 bits per heavy atom. The quantitative estimate of drug-likeness (QED) is 0.807. The van der Waals surface area contributed by atoms with Crippen molar-refractivity contribution in [1.29, 1.82) is 0 Å². The summed E-state index contributed by atoms with van der Waals surface area (Å²) < 4.78 is 6.86. The molecule has 0 saturated heterocycles. The molecule has 0 bridgehead atoms. The van der Waals surface area contributed by atoms with E-state index in [9.17, 15) is 0 Å². The maximum absolute atomic E-state index is 5.65. The molecular weight excluding hydrogens is 192 g/mol. The highest BCUT2D eigenvalue weighted by Gasteiger charge is 2.01. The number of anilines is 1. The smallest absolute Gasteiger partial charge is 0.213 e. The summed E-state index contributed by atoms with van der Waals surface area (Å²) in [6, 6.07) is 5.62. The van der Waals surface area contributed by atoms with Crippen molar-refractivity contribution in [2.24, 2.45) is 0 Å². The molecular formula is C10H12N4O. The second kappa shape index (κ2) is 4.00. The molecule has 5 nitrogen and oxygen atoms in total. The third-order valence-electron chi connectivity index (χ3n) is 2.07. The summed E-state index contributed by atoms with van der Waals surface area (Å²) in [6.07, 6.45) is 3.48. The highest BCUT2D eigenvalue weighted by atomic mass is 16.5. The fourth-order valence-corrected chi connectivity index (χ4v) is 1.31. The molecule has 78 valence electrons. The minimum Gasteiger partial charge on any atom is -0.481 e. The molecule has 15 heavy (non-hydrogen) atoms. The number of nitrogens with two attached hydrogens (primary N) is 1. The topological polar surface area (TPSA) is 66.0 Å². The molecule has 0 amide bonds. The van der Waals surface area contributed by atoms with Crippen LogP contribution in [0.3, 0.4) is 0 Å². The van der Waals surface area contributed by atoms with Crippen LogP contribution in [0, 0.1) is 0 Å². The number of nitrogens with zero attached hydrogens (tertiary/aromatic N) is 3. The number of ether oxygens (including phenoxy) is 1. The highest BCUT2D eigenvalue weighted by Crippen LogP contribution is 2.09. The molecule has 2 N–H and O–H groups in total. The predicted molar refractivity (Wildman–Crippen MR) is 56.5 cm³/mol. The fourth-order valence-electron chi connectivity index (χ4n) is 1.31. The average Bonchev–Trinajstić information content (AvgIpc) is 2.65. The molecule has 0 radical (unpaired) electrons. The molecule has 2 aromatic heterocycles. The van der Waals surface area contributed by atoms with Crippen molar-refractivity contribution in [1.82, 2.24) is 14.5 Å². The number of aromatic nitrogens is 3. The Morgan fingerprint density at radius 2 is 2.33 bits per heavy atom. The van der Waals surface area contributed by atoms with Crippen LogP contribution in [0.2, 0.25) is 0 Å². The zero-order valence-electron chi connectivity index (χ0n) is 8.42. The van der Waals surface area contributed by atoms with Crippen molar-refractivity contribution in [3.05, 3.63) is 36.3 Å². The van der Waals surface area contributed by atoms with Gasteiger partial charge in [-0.25, -0.2) is 9.97 Å². The predicted octanol–water partition coefficient (Wildman–Crippen LogP) is 0.917. The van der Waals surface area contributed by atoms with Crippen molar-refractivity contribution in [3.8, 4) is 5.88 Å². The van der Waals surface area contributed by atoms with Gasteiger partial charge in [-0.3, -0.25) is 0 Å². The number of pyridine rings is 1. The van der Waals surface area contributed by atoms with E-state index in [1.807, 2.05) is 22.9 Å². The van der Waals surface area contributed by atoms with E-state index < -0.39 is 0 Å². The van der Waals surface area contributed by atoms with Gasteiger partial charge in [-0.05, 0) is 6.07 Å². The van der Waals surface area contributed by atoms with E-state index in [0.717, 1.165) is 5.69 Å². The monoisotopic (exact) mass is 204 g/mol. The van der Waals surface area contributed by atoms with E-state index >= 15 is 0 Å². The number of rotatable bonds is 3. The first-order valence-electron chi connectivity index (χ1n) is 4.56. The largest absolute Gasteiger partial charge is 0.481 e. The Balaban J connectivity index is 2.21. The zero-order chi connectivity index (χ0) is 10.7. The van der Waals surface area contributed by atoms with Gasteiger partial charge < -0.3 is 15.0 Å². The van der Waals surface area contributed by atoms with Crippen LogP contribution in [-0.4, -0.2) is 21.6 Å². The van der Waals surface area contributed by atoms with Gasteiger partial charge >= 0.3 is 0 Å². The summed E-state index contributed by atoms with van der Waals surface area (Å²) in [5.74, 6) is 1.09. The van der Waals surface area contributed by atoms with Crippen LogP contribution in [-0.2, 0) is 6.54 Å². The van der Waals surface area contributed by atoms with Crippen molar-refractivity contribution in [2.75, 3.05) is 12.8 Å². The first-order valence-corrected chi connectivity index (χ1v) is 4.56. The number of hydrogen-bond acceptors (Lipinski definition) is 4. The summed E-state index contributed by atoms with van der Waals surface area (Å²) in [7, 11) is 1.59. The Morgan fingerprint density at radius 1 is 1.47 bits per heavy atom. The van der Waals surface area contributed by atoms with E-state index in [2.05, 4.69) is 9.97 Å². The Labute approximate surface area is 87.5 Å². The van der Waals surface area contributed by atoms with Crippen LogP contribution in [0.15, 0.2) is 30.6 Å². The lowest BCUT2D eigenvalue weighted by atomic mass is 10.3. The molecule has 2 aromatic rings. The van der Waals surface area contributed by atoms with Gasteiger partial charge in [0.1, 0.15) is 0 Å². The summed E-state index contributed by atoms with van der Waals surface area (Å²) >= 11 is 0. The maximum Gasteiger partial charge on any atom is 0.213 e. The van der Waals surface area contributed by atoms with Crippen molar-refractivity contribution in [3.63, 3.8) is 0 Å². The third kappa shape index (κ3) is 2.07. The molecule has 0 aliphatic carbocycles. The molecule has 0 aliphatic rings. The summed E-state index contributed by atoms with van der Waals surface area (Å²) in [6.45, 7) is 0.600. The molecule has 0 unspecified atom stereocenters. The van der Waals surface area contributed by atoms with Gasteiger partial charge in [0.25, 0.3) is 0 Å². The second-order valence-electron chi connectivity index (χ2n) is 3.08. The summed E-state index contributed by atoms with van der Waals surface area (Å²) in [5.41, 5.74) is 6.54. The molecule has 5 heteroatoms. The third-order valence-corrected chi connectivity index (χ3v) is 2.07. The molecule has 2 heterocycles. The first-order chi connectivity index (χ1) is 7.29. The highest BCUT2D eigenvalue weighted by molar-refractivity contribution is 5.21. The number of methoxy groups -OCH3 is 1. The molecule has 0 saturated carbocycles. The zero-order valence-corrected chi connectivity index (χ0v) is 8.42.